The summed E-state index contributed by atoms with van der Waals surface area (Å²) in [4.78, 5) is 9.78. The molecule has 27 heavy (non-hydrogen) atoms. The maximum atomic E-state index is 4.93. The summed E-state index contributed by atoms with van der Waals surface area (Å²) in [6, 6.07) is 17.8. The molecule has 0 radical (unpaired) electrons. The van der Waals surface area contributed by atoms with Crippen molar-refractivity contribution in [2.45, 2.75) is 38.0 Å². The van der Waals surface area contributed by atoms with Gasteiger partial charge in [0.15, 0.2) is 0 Å². The van der Waals surface area contributed by atoms with E-state index in [1.807, 2.05) is 6.92 Å². The monoisotopic (exact) mass is 416 g/mol. The Labute approximate surface area is 164 Å². The molecule has 4 aromatic rings. The zero-order valence-electron chi connectivity index (χ0n) is 17.0. The Kier molecular flexibility index (Phi) is 4.34. The molecule has 0 spiro atoms. The fourth-order valence-electron chi connectivity index (χ4n) is 4.03. The first kappa shape index (κ1) is 18.2. The Morgan fingerprint density at radius 3 is 2.15 bits per heavy atom. The third-order valence-corrected chi connectivity index (χ3v) is 9.39. The molecule has 2 nitrogen and oxygen atoms in total. The van der Waals surface area contributed by atoms with E-state index in [9.17, 15) is 0 Å². The first-order valence-corrected chi connectivity index (χ1v) is 16.9. The zero-order chi connectivity index (χ0) is 19.3. The average molecular weight is 415 g/mol. The van der Waals surface area contributed by atoms with Gasteiger partial charge < -0.3 is 0 Å². The SMILES string of the molecule is Cc1cc(C)cc(-c2nc(C)nc3c2ccc2ccc[c]([Ge]([CH3])([CH3])[CH3])c23)c1. The van der Waals surface area contributed by atoms with Crippen LogP contribution in [0.25, 0.3) is 32.9 Å². The predicted octanol–water partition coefficient (Wildman–Crippen LogP) is 5.92. The van der Waals surface area contributed by atoms with Gasteiger partial charge in [0.05, 0.1) is 0 Å². The van der Waals surface area contributed by atoms with Gasteiger partial charge in [-0.05, 0) is 0 Å². The minimum absolute atomic E-state index is 0.834. The van der Waals surface area contributed by atoms with Gasteiger partial charge >= 0.3 is 164 Å². The molecule has 0 saturated carbocycles. The van der Waals surface area contributed by atoms with E-state index in [-0.39, 0.29) is 0 Å². The summed E-state index contributed by atoms with van der Waals surface area (Å²) in [7, 11) is 0. The van der Waals surface area contributed by atoms with Crippen molar-refractivity contribution in [1.82, 2.24) is 9.97 Å². The second kappa shape index (κ2) is 6.45. The van der Waals surface area contributed by atoms with E-state index in [1.165, 1.54) is 31.9 Å². The summed E-state index contributed by atoms with van der Waals surface area (Å²) in [5.74, 6) is 8.19. The van der Waals surface area contributed by atoms with Crippen LogP contribution in [0.15, 0.2) is 48.5 Å². The summed E-state index contributed by atoms with van der Waals surface area (Å²) in [6.07, 6.45) is 0. The van der Waals surface area contributed by atoms with Crippen LogP contribution in [0.5, 0.6) is 0 Å². The Bertz CT molecular complexity index is 1170. The molecule has 3 heteroatoms. The van der Waals surface area contributed by atoms with E-state index in [0.717, 1.165) is 22.4 Å². The number of benzene rings is 3. The molecule has 0 fully saturated rings. The number of hydrogen-bond acceptors (Lipinski definition) is 2. The van der Waals surface area contributed by atoms with Crippen LogP contribution in [0.4, 0.5) is 0 Å². The molecule has 0 unspecified atom stereocenters. The van der Waals surface area contributed by atoms with Crippen LogP contribution < -0.4 is 4.40 Å². The van der Waals surface area contributed by atoms with Gasteiger partial charge in [-0.3, -0.25) is 0 Å². The molecule has 1 heterocycles. The van der Waals surface area contributed by atoms with Crippen LogP contribution in [-0.4, -0.2) is 23.2 Å². The fourth-order valence-corrected chi connectivity index (χ4v) is 7.41. The molecular formula is C24H26GeN2. The van der Waals surface area contributed by atoms with Crippen molar-refractivity contribution in [3.63, 3.8) is 0 Å². The summed E-state index contributed by atoms with van der Waals surface area (Å²) < 4.78 is 1.52. The summed E-state index contributed by atoms with van der Waals surface area (Å²) in [6.45, 7) is 6.30. The van der Waals surface area contributed by atoms with Crippen molar-refractivity contribution < 1.29 is 0 Å². The van der Waals surface area contributed by atoms with Gasteiger partial charge in [-0.2, -0.15) is 0 Å². The van der Waals surface area contributed by atoms with Crippen LogP contribution in [0, 0.1) is 20.8 Å². The number of rotatable bonds is 2. The maximum absolute atomic E-state index is 4.93. The molecule has 0 aliphatic rings. The van der Waals surface area contributed by atoms with E-state index < -0.39 is 13.3 Å². The normalized spacial score (nSPS) is 12.1. The standard InChI is InChI=1S/C24H26GeN2/c1-15-12-16(2)14-19(13-15)23-20-11-10-18-8-7-9-21(25(4,5)6)22(18)24(20)27-17(3)26-23/h7-14H,1-6H3. The fraction of sp³-hybridized carbons (Fsp3) is 0.250. The molecule has 3 aromatic carbocycles. The van der Waals surface area contributed by atoms with Crippen molar-refractivity contribution in [1.29, 1.82) is 0 Å². The Morgan fingerprint density at radius 2 is 1.48 bits per heavy atom. The predicted molar refractivity (Wildman–Crippen MR) is 120 cm³/mol. The number of aryl methyl sites for hydroxylation is 3. The Morgan fingerprint density at radius 1 is 0.778 bits per heavy atom. The van der Waals surface area contributed by atoms with Crippen LogP contribution in [-0.2, 0) is 0 Å². The molecule has 0 aliphatic carbocycles. The summed E-state index contributed by atoms with van der Waals surface area (Å²) in [5.41, 5.74) is 5.85. The topological polar surface area (TPSA) is 25.8 Å². The molecule has 1 aromatic heterocycles. The third-order valence-electron chi connectivity index (χ3n) is 5.12. The summed E-state index contributed by atoms with van der Waals surface area (Å²) in [5, 5.41) is 3.76. The van der Waals surface area contributed by atoms with Gasteiger partial charge in [0.1, 0.15) is 0 Å². The van der Waals surface area contributed by atoms with Gasteiger partial charge in [0, 0.05) is 0 Å². The first-order valence-electron chi connectivity index (χ1n) is 9.53. The number of hydrogen-bond donors (Lipinski definition) is 0. The van der Waals surface area contributed by atoms with Gasteiger partial charge in [-0.25, -0.2) is 0 Å². The van der Waals surface area contributed by atoms with Gasteiger partial charge in [0.25, 0.3) is 0 Å². The number of aromatic nitrogens is 2. The van der Waals surface area contributed by atoms with E-state index in [0.29, 0.717) is 0 Å². The average Bonchev–Trinajstić information content (AvgIpc) is 2.58. The molecular weight excluding hydrogens is 389 g/mol. The summed E-state index contributed by atoms with van der Waals surface area (Å²) >= 11 is -2.05. The van der Waals surface area contributed by atoms with Crippen molar-refractivity contribution in [2.24, 2.45) is 0 Å². The first-order chi connectivity index (χ1) is 12.7. The van der Waals surface area contributed by atoms with Gasteiger partial charge in [0.2, 0.25) is 0 Å². The van der Waals surface area contributed by atoms with Crippen LogP contribution in [0.2, 0.25) is 17.3 Å². The Hall–Kier alpha value is -2.20. The van der Waals surface area contributed by atoms with Crippen molar-refractivity contribution in [2.75, 3.05) is 0 Å². The van der Waals surface area contributed by atoms with Gasteiger partial charge in [-0.15, -0.1) is 0 Å². The van der Waals surface area contributed by atoms with Crippen molar-refractivity contribution >= 4 is 39.3 Å². The molecule has 0 aliphatic heterocycles. The van der Waals surface area contributed by atoms with Crippen molar-refractivity contribution in [3.05, 3.63) is 65.5 Å². The van der Waals surface area contributed by atoms with E-state index >= 15 is 0 Å². The van der Waals surface area contributed by atoms with Crippen LogP contribution in [0.3, 0.4) is 0 Å². The van der Waals surface area contributed by atoms with Gasteiger partial charge in [-0.1, -0.05) is 0 Å². The second-order valence-corrected chi connectivity index (χ2v) is 19.2. The quantitative estimate of drug-likeness (QED) is 0.300. The van der Waals surface area contributed by atoms with Crippen LogP contribution >= 0.6 is 0 Å². The molecule has 0 atom stereocenters. The third kappa shape index (κ3) is 3.27. The number of nitrogens with zero attached hydrogens (tertiary/aromatic N) is 2. The molecule has 4 rings (SSSR count). The van der Waals surface area contributed by atoms with E-state index in [4.69, 9.17) is 9.97 Å². The number of fused-ring (bicyclic) bond motifs is 3. The van der Waals surface area contributed by atoms with Crippen LogP contribution in [0.1, 0.15) is 17.0 Å². The zero-order valence-corrected chi connectivity index (χ0v) is 19.1. The molecule has 0 N–H and O–H groups in total. The molecule has 0 amide bonds. The second-order valence-electron chi connectivity index (χ2n) is 8.61. The van der Waals surface area contributed by atoms with E-state index in [1.54, 1.807) is 0 Å². The molecule has 0 bridgehead atoms. The minimum atomic E-state index is -2.05. The Balaban J connectivity index is 2.16. The molecule has 0 saturated heterocycles. The van der Waals surface area contributed by atoms with Crippen molar-refractivity contribution in [3.8, 4) is 11.3 Å². The molecule has 136 valence electrons. The van der Waals surface area contributed by atoms with E-state index in [2.05, 4.69) is 79.6 Å².